The summed E-state index contributed by atoms with van der Waals surface area (Å²) in [6.45, 7) is -4.11. The summed E-state index contributed by atoms with van der Waals surface area (Å²) >= 11 is 6.51. The Labute approximate surface area is 291 Å². The van der Waals surface area contributed by atoms with Crippen molar-refractivity contribution >= 4 is 50.0 Å². The standard InChI is InChI=1S/C33H26ClF6N3O7S/c1-48-24-7-3-2-6-21(24)31(10-11-31)30(45)42-51(46,47)15-18-8-9-23(22(34)13-18)43-14-20-25(29(43)44)27(49-16-32(35,36)37)19-5-4-12-41-26(19)28(20)50-17-33(38,39)40/h2-9,12-13H,10-11,14-17H2,1H3,(H,42,45). The number of ether oxygens (including phenoxy) is 3. The van der Waals surface area contributed by atoms with Gasteiger partial charge in [-0.25, -0.2) is 8.42 Å². The summed E-state index contributed by atoms with van der Waals surface area (Å²) < 4.78 is 123. The molecule has 0 atom stereocenters. The SMILES string of the molecule is COc1ccccc1C1(C(=O)NS(=O)(=O)Cc2ccc(N3Cc4c(c(OCC(F)(F)F)c5cccnc5c4OCC(F)(F)F)C3=O)c(Cl)c2)CC1. The molecule has 1 fully saturated rings. The van der Waals surface area contributed by atoms with Crippen LogP contribution in [0, 0.1) is 0 Å². The number of para-hydroxylation sites is 1. The van der Waals surface area contributed by atoms with Crippen LogP contribution in [0.15, 0.2) is 60.8 Å². The van der Waals surface area contributed by atoms with E-state index in [1.54, 1.807) is 24.3 Å². The Morgan fingerprint density at radius 1 is 0.980 bits per heavy atom. The van der Waals surface area contributed by atoms with Gasteiger partial charge in [0.25, 0.3) is 5.91 Å². The van der Waals surface area contributed by atoms with E-state index in [2.05, 4.69) is 9.71 Å². The maximum Gasteiger partial charge on any atom is 0.422 e. The van der Waals surface area contributed by atoms with Crippen LogP contribution in [0.3, 0.4) is 0 Å². The topological polar surface area (TPSA) is 124 Å². The molecule has 6 rings (SSSR count). The Hall–Kier alpha value is -4.77. The first-order valence-corrected chi connectivity index (χ1v) is 17.1. The molecule has 51 heavy (non-hydrogen) atoms. The number of amides is 2. The number of sulfonamides is 1. The molecule has 1 N–H and O–H groups in total. The number of benzene rings is 3. The van der Waals surface area contributed by atoms with Gasteiger partial charge >= 0.3 is 12.4 Å². The molecule has 0 saturated heterocycles. The van der Waals surface area contributed by atoms with Gasteiger partial charge in [-0.15, -0.1) is 0 Å². The molecular formula is C33H26ClF6N3O7S. The summed E-state index contributed by atoms with van der Waals surface area (Å²) in [6, 6.07) is 13.1. The van der Waals surface area contributed by atoms with Crippen molar-refractivity contribution in [2.45, 2.75) is 42.9 Å². The Morgan fingerprint density at radius 2 is 1.65 bits per heavy atom. The molecule has 1 aromatic heterocycles. The monoisotopic (exact) mass is 757 g/mol. The van der Waals surface area contributed by atoms with Gasteiger partial charge in [0.05, 0.1) is 41.1 Å². The Balaban J connectivity index is 1.29. The van der Waals surface area contributed by atoms with E-state index in [1.165, 1.54) is 43.6 Å². The quantitative estimate of drug-likeness (QED) is 0.170. The smallest absolute Gasteiger partial charge is 0.422 e. The number of nitrogens with zero attached hydrogens (tertiary/aromatic N) is 2. The van der Waals surface area contributed by atoms with Crippen molar-refractivity contribution in [1.29, 1.82) is 0 Å². The van der Waals surface area contributed by atoms with Gasteiger partial charge in [0.1, 0.15) is 17.0 Å². The van der Waals surface area contributed by atoms with E-state index < -0.39 is 82.2 Å². The maximum atomic E-state index is 13.8. The Morgan fingerprint density at radius 3 is 2.27 bits per heavy atom. The third-order valence-corrected chi connectivity index (χ3v) is 9.83. The third kappa shape index (κ3) is 7.35. The summed E-state index contributed by atoms with van der Waals surface area (Å²) in [6.07, 6.45) is -7.65. The zero-order valence-corrected chi connectivity index (χ0v) is 27.9. The summed E-state index contributed by atoms with van der Waals surface area (Å²) in [5.41, 5.74) is -1.44. The third-order valence-electron chi connectivity index (χ3n) is 8.32. The number of carbonyl (C=O) groups excluding carboxylic acids is 2. The number of hydrogen-bond acceptors (Lipinski definition) is 8. The first-order chi connectivity index (χ1) is 23.9. The number of methoxy groups -OCH3 is 1. The summed E-state index contributed by atoms with van der Waals surface area (Å²) in [4.78, 5) is 32.1. The van der Waals surface area contributed by atoms with Crippen molar-refractivity contribution in [2.24, 2.45) is 0 Å². The van der Waals surface area contributed by atoms with Gasteiger partial charge in [0, 0.05) is 22.7 Å². The highest BCUT2D eigenvalue weighted by Crippen LogP contribution is 2.52. The number of halogens is 7. The second-order valence-electron chi connectivity index (χ2n) is 11.9. The number of nitrogens with one attached hydrogen (secondary N) is 1. The summed E-state index contributed by atoms with van der Waals surface area (Å²) in [7, 11) is -2.84. The second-order valence-corrected chi connectivity index (χ2v) is 14.0. The van der Waals surface area contributed by atoms with Crippen LogP contribution < -0.4 is 23.8 Å². The van der Waals surface area contributed by atoms with Gasteiger partial charge in [-0.3, -0.25) is 19.3 Å². The highest BCUT2D eigenvalue weighted by Gasteiger charge is 2.53. The van der Waals surface area contributed by atoms with E-state index >= 15 is 0 Å². The molecule has 1 saturated carbocycles. The number of hydrogen-bond donors (Lipinski definition) is 1. The van der Waals surface area contributed by atoms with E-state index in [0.29, 0.717) is 24.2 Å². The molecule has 1 aliphatic carbocycles. The molecular weight excluding hydrogens is 732 g/mol. The van der Waals surface area contributed by atoms with Crippen molar-refractivity contribution in [1.82, 2.24) is 9.71 Å². The lowest BCUT2D eigenvalue weighted by Crippen LogP contribution is -2.39. The van der Waals surface area contributed by atoms with Crippen molar-refractivity contribution in [3.8, 4) is 17.2 Å². The normalized spacial score (nSPS) is 15.5. The predicted molar refractivity (Wildman–Crippen MR) is 171 cm³/mol. The minimum atomic E-state index is -4.83. The van der Waals surface area contributed by atoms with Crippen molar-refractivity contribution in [3.05, 3.63) is 88.1 Å². The zero-order valence-electron chi connectivity index (χ0n) is 26.3. The fourth-order valence-corrected chi connectivity index (χ4v) is 7.46. The van der Waals surface area contributed by atoms with Crippen LogP contribution >= 0.6 is 11.6 Å². The minimum absolute atomic E-state index is 0.0447. The lowest BCUT2D eigenvalue weighted by atomic mass is 9.94. The van der Waals surface area contributed by atoms with Gasteiger partial charge in [0.2, 0.25) is 15.9 Å². The number of fused-ring (bicyclic) bond motifs is 2. The van der Waals surface area contributed by atoms with Crippen LogP contribution in [0.2, 0.25) is 5.02 Å². The molecule has 2 amide bonds. The number of rotatable bonds is 11. The molecule has 2 aliphatic rings. The summed E-state index contributed by atoms with van der Waals surface area (Å²) in [5.74, 6) is -3.00. The average molecular weight is 758 g/mol. The van der Waals surface area contributed by atoms with Gasteiger partial charge in [-0.1, -0.05) is 35.9 Å². The van der Waals surface area contributed by atoms with Crippen LogP contribution in [0.5, 0.6) is 17.2 Å². The van der Waals surface area contributed by atoms with Crippen LogP contribution in [-0.4, -0.2) is 57.9 Å². The fourth-order valence-electron chi connectivity index (χ4n) is 5.98. The molecule has 0 radical (unpaired) electrons. The molecule has 0 spiro atoms. The largest absolute Gasteiger partial charge is 0.496 e. The molecule has 0 unspecified atom stereocenters. The highest BCUT2D eigenvalue weighted by molar-refractivity contribution is 7.89. The average Bonchev–Trinajstić information content (AvgIpc) is 3.80. The van der Waals surface area contributed by atoms with E-state index in [4.69, 9.17) is 25.8 Å². The lowest BCUT2D eigenvalue weighted by Gasteiger charge is -2.19. The fraction of sp³-hybridized carbons (Fsp3) is 0.303. The van der Waals surface area contributed by atoms with Crippen molar-refractivity contribution in [2.75, 3.05) is 25.2 Å². The number of carbonyl (C=O) groups is 2. The van der Waals surface area contributed by atoms with Gasteiger partial charge in [0.15, 0.2) is 19.0 Å². The maximum absolute atomic E-state index is 13.8. The molecule has 1 aliphatic heterocycles. The number of anilines is 1. The number of alkyl halides is 6. The van der Waals surface area contributed by atoms with Crippen LogP contribution in [0.1, 0.15) is 39.9 Å². The second kappa shape index (κ2) is 13.1. The van der Waals surface area contributed by atoms with E-state index in [0.717, 1.165) is 4.90 Å². The van der Waals surface area contributed by atoms with E-state index in [-0.39, 0.29) is 32.7 Å². The molecule has 4 aromatic rings. The first kappa shape index (κ1) is 36.0. The molecule has 0 bridgehead atoms. The van der Waals surface area contributed by atoms with Crippen molar-refractivity contribution in [3.63, 3.8) is 0 Å². The molecule has 3 aromatic carbocycles. The van der Waals surface area contributed by atoms with Crippen LogP contribution in [0.4, 0.5) is 32.0 Å². The van der Waals surface area contributed by atoms with Gasteiger partial charge in [-0.2, -0.15) is 26.3 Å². The predicted octanol–water partition coefficient (Wildman–Crippen LogP) is 6.62. The lowest BCUT2D eigenvalue weighted by molar-refractivity contribution is -0.154. The van der Waals surface area contributed by atoms with Gasteiger partial charge in [-0.05, 0) is 48.7 Å². The van der Waals surface area contributed by atoms with E-state index in [1.807, 2.05) is 0 Å². The van der Waals surface area contributed by atoms with Crippen molar-refractivity contribution < 1.29 is 58.6 Å². The van der Waals surface area contributed by atoms with Crippen LogP contribution in [-0.2, 0) is 32.5 Å². The number of aromatic nitrogens is 1. The van der Waals surface area contributed by atoms with E-state index in [9.17, 15) is 44.3 Å². The number of pyridine rings is 1. The van der Waals surface area contributed by atoms with Crippen LogP contribution in [0.25, 0.3) is 10.9 Å². The highest BCUT2D eigenvalue weighted by atomic mass is 35.5. The first-order valence-electron chi connectivity index (χ1n) is 15.0. The minimum Gasteiger partial charge on any atom is -0.496 e. The molecule has 10 nitrogen and oxygen atoms in total. The Kier molecular flexibility index (Phi) is 9.25. The molecule has 18 heteroatoms. The summed E-state index contributed by atoms with van der Waals surface area (Å²) in [5, 5.41) is -0.374. The molecule has 2 heterocycles. The Bertz CT molecular complexity index is 2160. The van der Waals surface area contributed by atoms with Gasteiger partial charge < -0.3 is 19.1 Å². The zero-order chi connectivity index (χ0) is 36.9. The molecule has 270 valence electrons.